The zero-order chi connectivity index (χ0) is 18.7. The van der Waals surface area contributed by atoms with Gasteiger partial charge in [-0.25, -0.2) is 9.37 Å². The van der Waals surface area contributed by atoms with Crippen molar-refractivity contribution in [2.45, 2.75) is 19.8 Å². The molecule has 1 aromatic carbocycles. The summed E-state index contributed by atoms with van der Waals surface area (Å²) in [7, 11) is 1.70. The number of halogens is 1. The Balaban J connectivity index is 1.75. The molecule has 0 spiro atoms. The smallest absolute Gasteiger partial charge is 0.275 e. The maximum absolute atomic E-state index is 13.2. The summed E-state index contributed by atoms with van der Waals surface area (Å²) < 4.78 is 14.4. The number of benzene rings is 1. The number of likely N-dealkylation sites (N-methyl/N-ethyl adjacent to an activating group) is 1. The van der Waals surface area contributed by atoms with E-state index in [4.69, 9.17) is 0 Å². The molecule has 1 amide bonds. The number of carbonyl (C=O) groups excluding carboxylic acids is 1. The number of aromatic nitrogens is 3. The van der Waals surface area contributed by atoms with Crippen LogP contribution in [0.15, 0.2) is 35.1 Å². The van der Waals surface area contributed by atoms with E-state index in [0.717, 1.165) is 18.5 Å². The van der Waals surface area contributed by atoms with Crippen LogP contribution in [0.5, 0.6) is 0 Å². The van der Waals surface area contributed by atoms with Crippen LogP contribution in [-0.4, -0.2) is 34.1 Å². The van der Waals surface area contributed by atoms with Crippen LogP contribution < -0.4 is 15.8 Å². The number of amides is 1. The van der Waals surface area contributed by atoms with Gasteiger partial charge in [-0.15, -0.1) is 5.10 Å². The fourth-order valence-electron chi connectivity index (χ4n) is 2.43. The summed E-state index contributed by atoms with van der Waals surface area (Å²) in [5.41, 5.74) is 0.882. The molecule has 0 aliphatic heterocycles. The summed E-state index contributed by atoms with van der Waals surface area (Å²) in [5.74, 6) is -0.736. The third-order valence-corrected chi connectivity index (χ3v) is 4.63. The maximum Gasteiger partial charge on any atom is 0.275 e. The van der Waals surface area contributed by atoms with Crippen LogP contribution in [0.25, 0.3) is 4.96 Å². The highest BCUT2D eigenvalue weighted by Gasteiger charge is 2.15. The topological polar surface area (TPSA) is 79.6 Å². The van der Waals surface area contributed by atoms with Gasteiger partial charge in [0.1, 0.15) is 5.82 Å². The first-order valence-corrected chi connectivity index (χ1v) is 8.94. The molecule has 0 unspecified atom stereocenters. The minimum absolute atomic E-state index is 0.00685. The van der Waals surface area contributed by atoms with Crippen LogP contribution in [-0.2, 0) is 11.2 Å². The van der Waals surface area contributed by atoms with Crippen molar-refractivity contribution in [2.24, 2.45) is 0 Å². The van der Waals surface area contributed by atoms with Crippen molar-refractivity contribution in [3.63, 3.8) is 0 Å². The van der Waals surface area contributed by atoms with Gasteiger partial charge in [0.25, 0.3) is 5.56 Å². The Morgan fingerprint density at radius 1 is 1.38 bits per heavy atom. The minimum atomic E-state index is -0.421. The van der Waals surface area contributed by atoms with Gasteiger partial charge >= 0.3 is 0 Å². The van der Waals surface area contributed by atoms with Gasteiger partial charge in [-0.3, -0.25) is 9.59 Å². The van der Waals surface area contributed by atoms with Gasteiger partial charge < -0.3 is 10.2 Å². The van der Waals surface area contributed by atoms with E-state index in [-0.39, 0.29) is 18.0 Å². The number of aryl methyl sites for hydroxylation is 1. The fourth-order valence-corrected chi connectivity index (χ4v) is 3.32. The molecule has 136 valence electrons. The number of fused-ring (bicyclic) bond motifs is 1. The fraction of sp³-hybridized carbons (Fsp3) is 0.294. The van der Waals surface area contributed by atoms with Crippen LogP contribution in [0.2, 0.25) is 0 Å². The van der Waals surface area contributed by atoms with Crippen molar-refractivity contribution in [3.8, 4) is 0 Å². The molecular formula is C17H18FN5O2S. The van der Waals surface area contributed by atoms with Gasteiger partial charge in [-0.1, -0.05) is 30.7 Å². The molecule has 9 heteroatoms. The Morgan fingerprint density at radius 2 is 2.19 bits per heavy atom. The molecule has 0 fully saturated rings. The second kappa shape index (κ2) is 7.61. The predicted octanol–water partition coefficient (Wildman–Crippen LogP) is 2.32. The number of carbonyl (C=O) groups is 1. The lowest BCUT2D eigenvalue weighted by atomic mass is 10.2. The number of hydrogen-bond acceptors (Lipinski definition) is 6. The van der Waals surface area contributed by atoms with Crippen molar-refractivity contribution in [3.05, 3.63) is 52.2 Å². The van der Waals surface area contributed by atoms with Crippen molar-refractivity contribution < 1.29 is 9.18 Å². The van der Waals surface area contributed by atoms with E-state index < -0.39 is 5.82 Å². The summed E-state index contributed by atoms with van der Waals surface area (Å²) in [4.78, 5) is 30.8. The third kappa shape index (κ3) is 4.05. The van der Waals surface area contributed by atoms with E-state index in [1.54, 1.807) is 18.0 Å². The predicted molar refractivity (Wildman–Crippen MR) is 99.4 cm³/mol. The first-order valence-electron chi connectivity index (χ1n) is 8.12. The van der Waals surface area contributed by atoms with Crippen molar-refractivity contribution in [1.29, 1.82) is 0 Å². The molecule has 0 bridgehead atoms. The van der Waals surface area contributed by atoms with E-state index in [2.05, 4.69) is 15.4 Å². The standard InChI is InChI=1S/C17H18FN5O2S/c1-3-5-12-9-15(25)23-16(20-12)26-17(21-23)22(2)10-14(24)19-13-7-4-6-11(18)8-13/h4,6-9H,3,5,10H2,1-2H3,(H,19,24). The van der Waals surface area contributed by atoms with Crippen LogP contribution in [0.3, 0.4) is 0 Å². The van der Waals surface area contributed by atoms with Gasteiger partial charge in [0, 0.05) is 24.5 Å². The van der Waals surface area contributed by atoms with Crippen molar-refractivity contribution in [2.75, 3.05) is 23.8 Å². The van der Waals surface area contributed by atoms with Crippen molar-refractivity contribution >= 4 is 33.0 Å². The largest absolute Gasteiger partial charge is 0.340 e. The van der Waals surface area contributed by atoms with Gasteiger partial charge in [0.15, 0.2) is 0 Å². The number of nitrogens with one attached hydrogen (secondary N) is 1. The lowest BCUT2D eigenvalue weighted by Gasteiger charge is -2.14. The lowest BCUT2D eigenvalue weighted by Crippen LogP contribution is -2.30. The Morgan fingerprint density at radius 3 is 2.92 bits per heavy atom. The third-order valence-electron chi connectivity index (χ3n) is 3.61. The van der Waals surface area contributed by atoms with E-state index in [1.165, 1.54) is 40.1 Å². The maximum atomic E-state index is 13.2. The Bertz CT molecular complexity index is 1000. The van der Waals surface area contributed by atoms with E-state index in [9.17, 15) is 14.0 Å². The molecule has 0 radical (unpaired) electrons. The summed E-state index contributed by atoms with van der Waals surface area (Å²) in [5, 5.41) is 7.36. The van der Waals surface area contributed by atoms with Crippen LogP contribution >= 0.6 is 11.3 Å². The minimum Gasteiger partial charge on any atom is -0.340 e. The lowest BCUT2D eigenvalue weighted by molar-refractivity contribution is -0.114. The first-order chi connectivity index (χ1) is 12.5. The summed E-state index contributed by atoms with van der Waals surface area (Å²) >= 11 is 1.24. The van der Waals surface area contributed by atoms with Gasteiger partial charge in [-0.2, -0.15) is 4.52 Å². The zero-order valence-electron chi connectivity index (χ0n) is 14.4. The van der Waals surface area contributed by atoms with Gasteiger partial charge in [0.2, 0.25) is 16.0 Å². The molecule has 0 saturated carbocycles. The molecule has 2 heterocycles. The molecule has 0 saturated heterocycles. The number of hydrogen-bond donors (Lipinski definition) is 1. The van der Waals surface area contributed by atoms with Gasteiger partial charge in [-0.05, 0) is 24.6 Å². The Labute approximate surface area is 153 Å². The number of anilines is 2. The monoisotopic (exact) mass is 375 g/mol. The molecular weight excluding hydrogens is 357 g/mol. The average molecular weight is 375 g/mol. The first kappa shape index (κ1) is 18.0. The molecule has 0 atom stereocenters. The molecule has 1 N–H and O–H groups in total. The molecule has 0 aliphatic carbocycles. The molecule has 3 aromatic rings. The van der Waals surface area contributed by atoms with Crippen molar-refractivity contribution in [1.82, 2.24) is 14.6 Å². The highest BCUT2D eigenvalue weighted by atomic mass is 32.1. The second-order valence-electron chi connectivity index (χ2n) is 5.83. The molecule has 2 aromatic heterocycles. The molecule has 3 rings (SSSR count). The molecule has 0 aliphatic rings. The molecule has 26 heavy (non-hydrogen) atoms. The number of nitrogens with zero attached hydrogens (tertiary/aromatic N) is 4. The average Bonchev–Trinajstić information content (AvgIpc) is 3.00. The SMILES string of the molecule is CCCc1cc(=O)n2nc(N(C)CC(=O)Nc3cccc(F)c3)sc2n1. The number of rotatable bonds is 6. The second-order valence-corrected chi connectivity index (χ2v) is 6.76. The van der Waals surface area contributed by atoms with Crippen LogP contribution in [0.4, 0.5) is 15.2 Å². The molecule has 7 nitrogen and oxygen atoms in total. The summed E-state index contributed by atoms with van der Waals surface area (Å²) in [6.45, 7) is 2.03. The quantitative estimate of drug-likeness (QED) is 0.715. The summed E-state index contributed by atoms with van der Waals surface area (Å²) in [6, 6.07) is 7.16. The van der Waals surface area contributed by atoms with E-state index in [0.29, 0.717) is 15.8 Å². The van der Waals surface area contributed by atoms with Crippen LogP contribution in [0.1, 0.15) is 19.0 Å². The zero-order valence-corrected chi connectivity index (χ0v) is 15.2. The summed E-state index contributed by atoms with van der Waals surface area (Å²) in [6.07, 6.45) is 1.62. The Kier molecular flexibility index (Phi) is 5.27. The normalized spacial score (nSPS) is 10.9. The van der Waals surface area contributed by atoms with Gasteiger partial charge in [0.05, 0.1) is 6.54 Å². The Hall–Kier alpha value is -2.81. The van der Waals surface area contributed by atoms with E-state index in [1.807, 2.05) is 6.92 Å². The van der Waals surface area contributed by atoms with E-state index >= 15 is 0 Å². The highest BCUT2D eigenvalue weighted by molar-refractivity contribution is 7.20. The van der Waals surface area contributed by atoms with Crippen LogP contribution in [0, 0.1) is 5.82 Å². The highest BCUT2D eigenvalue weighted by Crippen LogP contribution is 2.20.